The lowest BCUT2D eigenvalue weighted by atomic mass is 9.87. The molecule has 11 nitrogen and oxygen atoms in total. The molecule has 232 valence electrons. The van der Waals surface area contributed by atoms with Crippen LogP contribution in [0.4, 0.5) is 20.6 Å². The van der Waals surface area contributed by atoms with E-state index in [1.807, 2.05) is 6.92 Å². The van der Waals surface area contributed by atoms with Crippen molar-refractivity contribution < 1.29 is 43.5 Å². The van der Waals surface area contributed by atoms with E-state index in [-0.39, 0.29) is 46.3 Å². The first-order valence-electron chi connectivity index (χ1n) is 13.5. The van der Waals surface area contributed by atoms with Crippen LogP contribution in [0, 0.1) is 11.8 Å². The van der Waals surface area contributed by atoms with Crippen molar-refractivity contribution in [2.45, 2.75) is 65.0 Å². The van der Waals surface area contributed by atoms with Gasteiger partial charge in [-0.3, -0.25) is 9.79 Å². The molecular formula is C30H42FN3O8. The number of ether oxygens (including phenoxy) is 3. The maximum atomic E-state index is 13.0. The molecular weight excluding hydrogens is 548 g/mol. The predicted molar refractivity (Wildman–Crippen MR) is 158 cm³/mol. The van der Waals surface area contributed by atoms with Gasteiger partial charge in [-0.25, -0.2) is 9.18 Å². The highest BCUT2D eigenvalue weighted by atomic mass is 18.2. The van der Waals surface area contributed by atoms with Gasteiger partial charge < -0.3 is 40.6 Å². The molecule has 1 aliphatic heterocycles. The number of aliphatic imine (C=N–C) groups is 1. The predicted octanol–water partition coefficient (Wildman–Crippen LogP) is 4.23. The van der Waals surface area contributed by atoms with Gasteiger partial charge in [-0.1, -0.05) is 38.2 Å². The zero-order valence-corrected chi connectivity index (χ0v) is 24.8. The van der Waals surface area contributed by atoms with Gasteiger partial charge >= 0.3 is 6.09 Å². The third-order valence-electron chi connectivity index (χ3n) is 7.09. The molecule has 1 heterocycles. The van der Waals surface area contributed by atoms with Gasteiger partial charge in [0.15, 0.2) is 6.10 Å². The summed E-state index contributed by atoms with van der Waals surface area (Å²) >= 11 is 0. The first kappa shape index (κ1) is 34.5. The van der Waals surface area contributed by atoms with E-state index in [9.17, 15) is 29.3 Å². The molecule has 1 aromatic carbocycles. The number of phenolic OH excluding ortho intramolecular Hbond substituents is 2. The number of aliphatic hydroxyl groups excluding tert-OH is 1. The molecule has 0 aliphatic carbocycles. The molecule has 2 bridgehead atoms. The fraction of sp³-hybridized carbons (Fsp3) is 0.500. The number of nitrogens with one attached hydrogen (secondary N) is 1. The quantitative estimate of drug-likeness (QED) is 0.147. The van der Waals surface area contributed by atoms with E-state index >= 15 is 0 Å². The SMILES string of the molecule is CO[C@H]1C=CC=C(C)C(=O)Nc2cc(O)c(N=CC[18F])c(c2O)C[C@@H](C)C[C@H](OC)[C@H](O)[C@@H](C)C=C(C)[C@@H]1OC(N)=O. The number of methoxy groups -OCH3 is 2. The highest BCUT2D eigenvalue weighted by Gasteiger charge is 2.30. The lowest BCUT2D eigenvalue weighted by molar-refractivity contribution is -0.112. The first-order valence-corrected chi connectivity index (χ1v) is 13.5. The van der Waals surface area contributed by atoms with Crippen LogP contribution in [-0.4, -0.2) is 78.8 Å². The van der Waals surface area contributed by atoms with Crippen LogP contribution in [0.1, 0.15) is 39.7 Å². The molecule has 12 heteroatoms. The summed E-state index contributed by atoms with van der Waals surface area (Å²) in [6.45, 7) is 6.02. The lowest BCUT2D eigenvalue weighted by Crippen LogP contribution is -2.37. The molecule has 0 saturated carbocycles. The third-order valence-corrected chi connectivity index (χ3v) is 7.09. The Hall–Kier alpha value is -3.74. The van der Waals surface area contributed by atoms with Crippen LogP contribution in [0.5, 0.6) is 11.5 Å². The van der Waals surface area contributed by atoms with Crippen LogP contribution in [-0.2, 0) is 25.4 Å². The number of allylic oxidation sites excluding steroid dienone is 2. The summed E-state index contributed by atoms with van der Waals surface area (Å²) in [5, 5.41) is 35.6. The maximum Gasteiger partial charge on any atom is 0.405 e. The minimum Gasteiger partial charge on any atom is -0.506 e. The number of anilines is 1. The first-order chi connectivity index (χ1) is 19.8. The summed E-state index contributed by atoms with van der Waals surface area (Å²) in [7, 11) is 2.89. The number of rotatable bonds is 5. The number of benzene rings is 1. The summed E-state index contributed by atoms with van der Waals surface area (Å²) < 4.78 is 29.4. The Balaban J connectivity index is 2.69. The van der Waals surface area contributed by atoms with Gasteiger partial charge in [0.2, 0.25) is 0 Å². The highest BCUT2D eigenvalue weighted by Crippen LogP contribution is 2.44. The van der Waals surface area contributed by atoms with Crippen molar-refractivity contribution in [2.24, 2.45) is 22.6 Å². The van der Waals surface area contributed by atoms with E-state index in [1.54, 1.807) is 39.0 Å². The van der Waals surface area contributed by atoms with Crippen LogP contribution in [0.25, 0.3) is 0 Å². The van der Waals surface area contributed by atoms with E-state index in [0.29, 0.717) is 12.0 Å². The molecule has 1 aromatic rings. The van der Waals surface area contributed by atoms with Crippen molar-refractivity contribution >= 4 is 29.6 Å². The third kappa shape index (κ3) is 9.13. The number of primary amides is 1. The highest BCUT2D eigenvalue weighted by molar-refractivity contribution is 6.04. The van der Waals surface area contributed by atoms with Gasteiger partial charge in [-0.15, -0.1) is 0 Å². The Bertz CT molecular complexity index is 1230. The van der Waals surface area contributed by atoms with Crippen LogP contribution in [0.15, 0.2) is 46.5 Å². The van der Waals surface area contributed by atoms with Crippen molar-refractivity contribution in [2.75, 3.05) is 26.2 Å². The van der Waals surface area contributed by atoms with Crippen LogP contribution in [0.3, 0.4) is 0 Å². The van der Waals surface area contributed by atoms with Crippen molar-refractivity contribution in [1.82, 2.24) is 0 Å². The summed E-state index contributed by atoms with van der Waals surface area (Å²) in [6, 6.07) is 1.14. The number of halogens is 1. The molecule has 1 aliphatic rings. The second-order valence-electron chi connectivity index (χ2n) is 10.4. The van der Waals surface area contributed by atoms with Gasteiger partial charge in [0.1, 0.15) is 30.0 Å². The van der Waals surface area contributed by atoms with E-state index in [0.717, 1.165) is 12.3 Å². The number of aliphatic hydroxyl groups is 1. The fourth-order valence-electron chi connectivity index (χ4n) is 4.86. The Morgan fingerprint density at radius 2 is 1.93 bits per heavy atom. The molecule has 2 rings (SSSR count). The maximum absolute atomic E-state index is 13.0. The zero-order chi connectivity index (χ0) is 31.6. The van der Waals surface area contributed by atoms with E-state index in [1.165, 1.54) is 20.3 Å². The van der Waals surface area contributed by atoms with E-state index in [4.69, 9.17) is 19.9 Å². The van der Waals surface area contributed by atoms with Crippen molar-refractivity contribution in [3.05, 3.63) is 47.1 Å². The topological polar surface area (TPSA) is 173 Å². The number of phenols is 2. The monoisotopic (exact) mass is 590 g/mol. The molecule has 0 aromatic heterocycles. The number of fused-ring (bicyclic) bond motifs is 2. The number of nitrogens with zero attached hydrogens (tertiary/aromatic N) is 1. The van der Waals surface area contributed by atoms with Gasteiger partial charge in [0, 0.05) is 43.6 Å². The molecule has 0 spiro atoms. The lowest BCUT2D eigenvalue weighted by Gasteiger charge is -2.29. The summed E-state index contributed by atoms with van der Waals surface area (Å²) in [4.78, 5) is 28.7. The number of carbonyl (C=O) groups is 2. The minimum absolute atomic E-state index is 0.0244. The van der Waals surface area contributed by atoms with Gasteiger partial charge in [-0.2, -0.15) is 0 Å². The van der Waals surface area contributed by atoms with Gasteiger partial charge in [0.05, 0.1) is 17.9 Å². The molecule has 0 unspecified atom stereocenters. The van der Waals surface area contributed by atoms with E-state index in [2.05, 4.69) is 10.3 Å². The minimum atomic E-state index is -1.01. The number of nitrogens with two attached hydrogens (primary N) is 1. The Kier molecular flexibility index (Phi) is 13.2. The number of hydrogen-bond donors (Lipinski definition) is 5. The van der Waals surface area contributed by atoms with Crippen molar-refractivity contribution in [1.29, 1.82) is 0 Å². The number of amides is 2. The number of aromatic hydroxyl groups is 2. The van der Waals surface area contributed by atoms with Gasteiger partial charge in [-0.05, 0) is 38.2 Å². The zero-order valence-electron chi connectivity index (χ0n) is 24.8. The van der Waals surface area contributed by atoms with E-state index < -0.39 is 49.0 Å². The summed E-state index contributed by atoms with van der Waals surface area (Å²) in [5.74, 6) is -1.96. The van der Waals surface area contributed by atoms with Gasteiger partial charge in [0.25, 0.3) is 5.91 Å². The Labute approximate surface area is 245 Å². The van der Waals surface area contributed by atoms with Crippen LogP contribution in [0.2, 0.25) is 0 Å². The second-order valence-corrected chi connectivity index (χ2v) is 10.4. The summed E-state index contributed by atoms with van der Waals surface area (Å²) in [5.41, 5.74) is 6.26. The Morgan fingerprint density at radius 3 is 2.52 bits per heavy atom. The number of carbonyl (C=O) groups excluding carboxylic acids is 2. The number of hydrogen-bond acceptors (Lipinski definition) is 9. The van der Waals surface area contributed by atoms with Crippen molar-refractivity contribution in [3.8, 4) is 11.5 Å². The summed E-state index contributed by atoms with van der Waals surface area (Å²) in [6.07, 6.45) is 3.44. The second kappa shape index (κ2) is 16.0. The fourth-order valence-corrected chi connectivity index (χ4v) is 4.86. The Morgan fingerprint density at radius 1 is 1.24 bits per heavy atom. The normalized spacial score (nSPS) is 26.4. The number of alkyl halides is 1. The largest absolute Gasteiger partial charge is 0.506 e. The standard InChI is InChI=1S/C30H42FN3O8/c1-16-12-20-25(33-11-10-31)22(35)15-21(27(20)37)34-29(38)17(2)8-7-9-23(40-5)28(42-30(32)39)19(4)14-18(3)26(36)24(13-16)41-6/h7-9,11,14-16,18,23-24,26,28,35-37H,10,12-13H2,1-6H3,(H2,32,39)(H,34,38)/t16-,18+,23+,24+,26-,28+/m1/s1/i31-1. The molecule has 0 fully saturated rings. The average molecular weight is 591 g/mol. The average Bonchev–Trinajstić information content (AvgIpc) is 2.94. The molecule has 2 amide bonds. The molecule has 0 radical (unpaired) electrons. The molecule has 6 N–H and O–H groups in total. The van der Waals surface area contributed by atoms with Crippen LogP contribution < -0.4 is 11.1 Å². The van der Waals surface area contributed by atoms with Crippen molar-refractivity contribution in [3.63, 3.8) is 0 Å². The molecule has 42 heavy (non-hydrogen) atoms. The molecule has 0 saturated heterocycles. The molecule has 6 atom stereocenters. The van der Waals surface area contributed by atoms with Crippen LogP contribution >= 0.6 is 0 Å². The smallest absolute Gasteiger partial charge is 0.405 e.